The van der Waals surface area contributed by atoms with Crippen molar-refractivity contribution in [3.8, 4) is 5.69 Å². The molecular formula is C20H27N5O4. The molecule has 0 aliphatic carbocycles. The number of esters is 1. The normalized spacial score (nSPS) is 10.4. The molecule has 1 heterocycles. The molecule has 3 amide bonds. The van der Waals surface area contributed by atoms with Gasteiger partial charge in [0.05, 0.1) is 22.8 Å². The molecule has 9 nitrogen and oxygen atoms in total. The van der Waals surface area contributed by atoms with Gasteiger partial charge in [-0.05, 0) is 38.8 Å². The number of amides is 3. The van der Waals surface area contributed by atoms with E-state index in [2.05, 4.69) is 15.7 Å². The fourth-order valence-corrected chi connectivity index (χ4v) is 2.82. The highest BCUT2D eigenvalue weighted by atomic mass is 16.5. The Morgan fingerprint density at radius 2 is 1.83 bits per heavy atom. The lowest BCUT2D eigenvalue weighted by Crippen LogP contribution is -2.29. The Labute approximate surface area is 169 Å². The van der Waals surface area contributed by atoms with Crippen molar-refractivity contribution >= 4 is 23.6 Å². The van der Waals surface area contributed by atoms with Gasteiger partial charge in [-0.15, -0.1) is 0 Å². The highest BCUT2D eigenvalue weighted by Crippen LogP contribution is 2.22. The second-order valence-corrected chi connectivity index (χ2v) is 6.60. The van der Waals surface area contributed by atoms with Crippen molar-refractivity contribution in [1.29, 1.82) is 0 Å². The zero-order chi connectivity index (χ0) is 21.2. The number of unbranched alkanes of at least 4 members (excludes halogenated alkanes) is 2. The van der Waals surface area contributed by atoms with Crippen molar-refractivity contribution in [3.63, 3.8) is 0 Å². The lowest BCUT2D eigenvalue weighted by Gasteiger charge is -2.08. The predicted molar refractivity (Wildman–Crippen MR) is 109 cm³/mol. The molecule has 0 aliphatic rings. The standard InChI is InChI=1S/C20H27N5O4/c1-14-19(15(2)25(24-14)16-9-5-3-6-10-16)23-17(26)13-29-18(27)11-7-4-8-12-22-20(21)28/h3,5-6,9-10H,4,7-8,11-13H2,1-2H3,(H,23,26)(H3,21,22,28). The van der Waals surface area contributed by atoms with Crippen LogP contribution in [0.15, 0.2) is 30.3 Å². The van der Waals surface area contributed by atoms with E-state index in [9.17, 15) is 14.4 Å². The van der Waals surface area contributed by atoms with Crippen molar-refractivity contribution in [1.82, 2.24) is 15.1 Å². The lowest BCUT2D eigenvalue weighted by molar-refractivity contribution is -0.147. The number of carbonyl (C=O) groups excluding carboxylic acids is 3. The highest BCUT2D eigenvalue weighted by molar-refractivity contribution is 5.93. The van der Waals surface area contributed by atoms with Crippen LogP contribution in [-0.4, -0.2) is 40.8 Å². The summed E-state index contributed by atoms with van der Waals surface area (Å²) in [5.74, 6) is -0.848. The quantitative estimate of drug-likeness (QED) is 0.415. The maximum atomic E-state index is 12.2. The van der Waals surface area contributed by atoms with Gasteiger partial charge in [0, 0.05) is 13.0 Å². The third-order valence-corrected chi connectivity index (χ3v) is 4.28. The van der Waals surface area contributed by atoms with Crippen LogP contribution in [0.1, 0.15) is 37.1 Å². The first-order valence-electron chi connectivity index (χ1n) is 9.49. The van der Waals surface area contributed by atoms with Gasteiger partial charge in [-0.2, -0.15) is 5.10 Å². The molecule has 29 heavy (non-hydrogen) atoms. The minimum absolute atomic E-state index is 0.216. The molecule has 2 aromatic rings. The Hall–Kier alpha value is -3.36. The zero-order valence-corrected chi connectivity index (χ0v) is 16.7. The molecule has 0 fully saturated rings. The van der Waals surface area contributed by atoms with Crippen LogP contribution in [0.25, 0.3) is 5.69 Å². The molecule has 4 N–H and O–H groups in total. The number of hydrogen-bond acceptors (Lipinski definition) is 5. The summed E-state index contributed by atoms with van der Waals surface area (Å²) in [7, 11) is 0. The van der Waals surface area contributed by atoms with Crippen molar-refractivity contribution < 1.29 is 19.1 Å². The van der Waals surface area contributed by atoms with Gasteiger partial charge < -0.3 is 21.1 Å². The minimum Gasteiger partial charge on any atom is -0.456 e. The van der Waals surface area contributed by atoms with Crippen LogP contribution < -0.4 is 16.4 Å². The maximum Gasteiger partial charge on any atom is 0.312 e. The van der Waals surface area contributed by atoms with E-state index >= 15 is 0 Å². The van der Waals surface area contributed by atoms with Gasteiger partial charge in [0.25, 0.3) is 5.91 Å². The van der Waals surface area contributed by atoms with Crippen LogP contribution >= 0.6 is 0 Å². The minimum atomic E-state index is -0.560. The molecule has 1 aromatic heterocycles. The van der Waals surface area contributed by atoms with Crippen molar-refractivity contribution in [2.75, 3.05) is 18.5 Å². The van der Waals surface area contributed by atoms with E-state index in [4.69, 9.17) is 10.5 Å². The summed E-state index contributed by atoms with van der Waals surface area (Å²) in [5, 5.41) is 9.71. The number of nitrogens with zero attached hydrogens (tertiary/aromatic N) is 2. The number of benzene rings is 1. The molecule has 0 saturated heterocycles. The maximum absolute atomic E-state index is 12.2. The first kappa shape index (κ1) is 21.9. The average Bonchev–Trinajstić information content (AvgIpc) is 2.97. The first-order valence-corrected chi connectivity index (χ1v) is 9.49. The van der Waals surface area contributed by atoms with Gasteiger partial charge >= 0.3 is 12.0 Å². The van der Waals surface area contributed by atoms with Crippen LogP contribution in [0.4, 0.5) is 10.5 Å². The number of anilines is 1. The zero-order valence-electron chi connectivity index (χ0n) is 16.7. The number of nitrogens with one attached hydrogen (secondary N) is 2. The van der Waals surface area contributed by atoms with E-state index in [1.807, 2.05) is 37.3 Å². The monoisotopic (exact) mass is 401 g/mol. The molecule has 0 spiro atoms. The molecule has 0 aliphatic heterocycles. The largest absolute Gasteiger partial charge is 0.456 e. The lowest BCUT2D eigenvalue weighted by atomic mass is 10.2. The van der Waals surface area contributed by atoms with Gasteiger partial charge in [0.15, 0.2) is 6.61 Å². The fourth-order valence-electron chi connectivity index (χ4n) is 2.82. The molecule has 9 heteroatoms. The smallest absolute Gasteiger partial charge is 0.312 e. The summed E-state index contributed by atoms with van der Waals surface area (Å²) in [4.78, 5) is 34.5. The highest BCUT2D eigenvalue weighted by Gasteiger charge is 2.16. The van der Waals surface area contributed by atoms with Crippen molar-refractivity contribution in [3.05, 3.63) is 41.7 Å². The molecular weight excluding hydrogens is 374 g/mol. The third-order valence-electron chi connectivity index (χ3n) is 4.28. The predicted octanol–water partition coefficient (Wildman–Crippen LogP) is 2.20. The number of nitrogens with two attached hydrogens (primary N) is 1. The van der Waals surface area contributed by atoms with Gasteiger partial charge in [0.2, 0.25) is 0 Å². The van der Waals surface area contributed by atoms with E-state index in [1.165, 1.54) is 0 Å². The van der Waals surface area contributed by atoms with Crippen LogP contribution in [0.5, 0.6) is 0 Å². The number of urea groups is 1. The molecule has 1 aromatic carbocycles. The Balaban J connectivity index is 1.76. The van der Waals surface area contributed by atoms with Crippen LogP contribution in [0, 0.1) is 13.8 Å². The number of aromatic nitrogens is 2. The Morgan fingerprint density at radius 3 is 2.52 bits per heavy atom. The van der Waals surface area contributed by atoms with Gasteiger partial charge in [-0.3, -0.25) is 9.59 Å². The van der Waals surface area contributed by atoms with E-state index in [0.29, 0.717) is 24.3 Å². The number of ether oxygens (including phenoxy) is 1. The summed E-state index contributed by atoms with van der Waals surface area (Å²) in [6.07, 6.45) is 2.30. The van der Waals surface area contributed by atoms with Crippen LogP contribution in [-0.2, 0) is 14.3 Å². The van der Waals surface area contributed by atoms with Gasteiger partial charge in [0.1, 0.15) is 0 Å². The molecule has 0 bridgehead atoms. The average molecular weight is 401 g/mol. The second-order valence-electron chi connectivity index (χ2n) is 6.60. The molecule has 0 unspecified atom stereocenters. The molecule has 0 radical (unpaired) electrons. The fraction of sp³-hybridized carbons (Fsp3) is 0.400. The number of para-hydroxylation sites is 1. The van der Waals surface area contributed by atoms with Crippen molar-refractivity contribution in [2.24, 2.45) is 5.73 Å². The molecule has 156 valence electrons. The summed E-state index contributed by atoms with van der Waals surface area (Å²) in [6.45, 7) is 3.79. The third kappa shape index (κ3) is 6.95. The van der Waals surface area contributed by atoms with Crippen molar-refractivity contribution in [2.45, 2.75) is 39.5 Å². The summed E-state index contributed by atoms with van der Waals surface area (Å²) < 4.78 is 6.78. The second kappa shape index (κ2) is 10.8. The summed E-state index contributed by atoms with van der Waals surface area (Å²) in [6, 6.07) is 9.04. The first-order chi connectivity index (χ1) is 13.9. The number of carbonyl (C=O) groups is 3. The topological polar surface area (TPSA) is 128 Å². The Bertz CT molecular complexity index is 848. The number of primary amides is 1. The Kier molecular flexibility index (Phi) is 8.20. The van der Waals surface area contributed by atoms with Crippen LogP contribution in [0.3, 0.4) is 0 Å². The Morgan fingerprint density at radius 1 is 1.10 bits per heavy atom. The summed E-state index contributed by atoms with van der Waals surface area (Å²) >= 11 is 0. The SMILES string of the molecule is Cc1nn(-c2ccccc2)c(C)c1NC(=O)COC(=O)CCCCCNC(N)=O. The van der Waals surface area contributed by atoms with Gasteiger partial charge in [-0.25, -0.2) is 9.48 Å². The number of rotatable bonds is 10. The van der Waals surface area contributed by atoms with Crippen LogP contribution in [0.2, 0.25) is 0 Å². The molecule has 0 saturated carbocycles. The van der Waals surface area contributed by atoms with Gasteiger partial charge in [-0.1, -0.05) is 24.6 Å². The number of aryl methyl sites for hydroxylation is 1. The number of hydrogen-bond donors (Lipinski definition) is 3. The molecule has 0 atom stereocenters. The van der Waals surface area contributed by atoms with E-state index in [-0.39, 0.29) is 13.0 Å². The van der Waals surface area contributed by atoms with E-state index < -0.39 is 17.9 Å². The van der Waals surface area contributed by atoms with E-state index in [0.717, 1.165) is 24.2 Å². The van der Waals surface area contributed by atoms with E-state index in [1.54, 1.807) is 11.6 Å². The summed E-state index contributed by atoms with van der Waals surface area (Å²) in [5.41, 5.74) is 7.93. The molecule has 2 rings (SSSR count).